The molecule has 0 N–H and O–H groups in total. The summed E-state index contributed by atoms with van der Waals surface area (Å²) in [6, 6.07) is 4.45. The minimum atomic E-state index is -4.38. The number of carbonyl (C=O) groups excluding carboxylic acids is 2. The Hall–Kier alpha value is -2.31. The maximum Gasteiger partial charge on any atom is 0.416 e. The van der Waals surface area contributed by atoms with E-state index in [0.29, 0.717) is 25.2 Å². The quantitative estimate of drug-likeness (QED) is 0.793. The highest BCUT2D eigenvalue weighted by Gasteiger charge is 2.31. The smallest absolute Gasteiger partial charge is 0.336 e. The summed E-state index contributed by atoms with van der Waals surface area (Å²) in [4.78, 5) is 27.3. The van der Waals surface area contributed by atoms with Crippen molar-refractivity contribution in [3.63, 3.8) is 0 Å². The molecule has 130 valence electrons. The van der Waals surface area contributed by atoms with Crippen LogP contribution in [0.3, 0.4) is 0 Å². The summed E-state index contributed by atoms with van der Waals surface area (Å²) < 4.78 is 37.6. The van der Waals surface area contributed by atoms with Gasteiger partial charge in [-0.05, 0) is 30.7 Å². The average molecular weight is 340 g/mol. The Morgan fingerprint density at radius 1 is 1.25 bits per heavy atom. The molecular weight excluding hydrogens is 321 g/mol. The first-order valence-electron chi connectivity index (χ1n) is 7.59. The molecule has 0 saturated carbocycles. The number of piperazine rings is 1. The summed E-state index contributed by atoms with van der Waals surface area (Å²) in [6.07, 6.45) is -3.10. The van der Waals surface area contributed by atoms with Crippen LogP contribution in [0.25, 0.3) is 0 Å². The molecule has 1 heterocycles. The van der Waals surface area contributed by atoms with Gasteiger partial charge in [0, 0.05) is 25.7 Å². The van der Waals surface area contributed by atoms with Gasteiger partial charge < -0.3 is 9.80 Å². The third-order valence-corrected chi connectivity index (χ3v) is 4.07. The van der Waals surface area contributed by atoms with Gasteiger partial charge in [-0.25, -0.2) is 0 Å². The van der Waals surface area contributed by atoms with Crippen molar-refractivity contribution in [2.45, 2.75) is 25.6 Å². The summed E-state index contributed by atoms with van der Waals surface area (Å²) in [5.74, 6) is -0.329. The van der Waals surface area contributed by atoms with Crippen molar-refractivity contribution in [3.05, 3.63) is 48.0 Å². The zero-order valence-electron chi connectivity index (χ0n) is 13.3. The summed E-state index contributed by atoms with van der Waals surface area (Å²) in [5.41, 5.74) is -0.201. The number of amides is 2. The van der Waals surface area contributed by atoms with E-state index < -0.39 is 11.7 Å². The fourth-order valence-corrected chi connectivity index (χ4v) is 2.75. The van der Waals surface area contributed by atoms with Crippen molar-refractivity contribution in [2.75, 3.05) is 19.6 Å². The number of alkyl halides is 3. The largest absolute Gasteiger partial charge is 0.416 e. The number of rotatable bonds is 3. The van der Waals surface area contributed by atoms with Crippen molar-refractivity contribution in [1.29, 1.82) is 0 Å². The van der Waals surface area contributed by atoms with E-state index in [1.165, 1.54) is 18.2 Å². The number of carbonyl (C=O) groups is 2. The Kier molecular flexibility index (Phi) is 5.31. The molecule has 4 nitrogen and oxygen atoms in total. The van der Waals surface area contributed by atoms with Gasteiger partial charge in [-0.3, -0.25) is 9.59 Å². The molecule has 2 amide bonds. The number of benzene rings is 1. The topological polar surface area (TPSA) is 40.6 Å². The van der Waals surface area contributed by atoms with Gasteiger partial charge in [-0.2, -0.15) is 13.2 Å². The molecule has 0 bridgehead atoms. The van der Waals surface area contributed by atoms with E-state index in [4.69, 9.17) is 0 Å². The number of nitrogens with zero attached hydrogens (tertiary/aromatic N) is 2. The lowest BCUT2D eigenvalue weighted by Gasteiger charge is -2.39. The minimum Gasteiger partial charge on any atom is -0.336 e. The first kappa shape index (κ1) is 18.0. The molecule has 1 aromatic rings. The highest BCUT2D eigenvalue weighted by molar-refractivity contribution is 5.87. The molecule has 0 aliphatic carbocycles. The van der Waals surface area contributed by atoms with Gasteiger partial charge in [-0.15, -0.1) is 0 Å². The maximum atomic E-state index is 12.5. The number of halogens is 3. The molecule has 1 fully saturated rings. The van der Waals surface area contributed by atoms with Crippen molar-refractivity contribution < 1.29 is 22.8 Å². The van der Waals surface area contributed by atoms with Crippen LogP contribution in [0.15, 0.2) is 36.9 Å². The summed E-state index contributed by atoms with van der Waals surface area (Å²) in [6.45, 7) is 6.53. The monoisotopic (exact) mass is 340 g/mol. The third-order valence-electron chi connectivity index (χ3n) is 4.07. The Labute approximate surface area is 138 Å². The second-order valence-corrected chi connectivity index (χ2v) is 5.80. The highest BCUT2D eigenvalue weighted by atomic mass is 19.4. The van der Waals surface area contributed by atoms with Crippen molar-refractivity contribution in [1.82, 2.24) is 9.80 Å². The van der Waals surface area contributed by atoms with Crippen LogP contribution in [0, 0.1) is 0 Å². The van der Waals surface area contributed by atoms with Crippen LogP contribution in [-0.4, -0.2) is 47.3 Å². The molecular formula is C17H19F3N2O2. The summed E-state index contributed by atoms with van der Waals surface area (Å²) in [5, 5.41) is 0. The fraction of sp³-hybridized carbons (Fsp3) is 0.412. The predicted octanol–water partition coefficient (Wildman–Crippen LogP) is 2.49. The van der Waals surface area contributed by atoms with Gasteiger partial charge >= 0.3 is 6.18 Å². The molecule has 1 aliphatic rings. The van der Waals surface area contributed by atoms with Crippen LogP contribution in [0.1, 0.15) is 18.1 Å². The van der Waals surface area contributed by atoms with Gasteiger partial charge in [0.1, 0.15) is 0 Å². The van der Waals surface area contributed by atoms with Crippen LogP contribution < -0.4 is 0 Å². The van der Waals surface area contributed by atoms with E-state index in [-0.39, 0.29) is 24.3 Å². The Bertz CT molecular complexity index is 626. The molecule has 0 radical (unpaired) electrons. The van der Waals surface area contributed by atoms with Gasteiger partial charge in [0.2, 0.25) is 11.8 Å². The molecule has 0 unspecified atom stereocenters. The Morgan fingerprint density at radius 3 is 2.38 bits per heavy atom. The minimum absolute atomic E-state index is 0.0396. The molecule has 2 rings (SSSR count). The first-order chi connectivity index (χ1) is 11.2. The van der Waals surface area contributed by atoms with E-state index in [2.05, 4.69) is 6.58 Å². The Balaban J connectivity index is 1.98. The summed E-state index contributed by atoms with van der Waals surface area (Å²) >= 11 is 0. The van der Waals surface area contributed by atoms with Crippen LogP contribution >= 0.6 is 0 Å². The fourth-order valence-electron chi connectivity index (χ4n) is 2.75. The zero-order chi connectivity index (χ0) is 17.9. The van der Waals surface area contributed by atoms with Crippen LogP contribution in [0.5, 0.6) is 0 Å². The molecule has 0 aromatic heterocycles. The predicted molar refractivity (Wildman–Crippen MR) is 83.1 cm³/mol. The van der Waals surface area contributed by atoms with E-state index in [0.717, 1.165) is 12.1 Å². The molecule has 1 aliphatic heterocycles. The lowest BCUT2D eigenvalue weighted by atomic mass is 10.1. The van der Waals surface area contributed by atoms with E-state index in [1.807, 2.05) is 6.92 Å². The van der Waals surface area contributed by atoms with Gasteiger partial charge in [0.15, 0.2) is 0 Å². The molecule has 0 spiro atoms. The highest BCUT2D eigenvalue weighted by Crippen LogP contribution is 2.29. The average Bonchev–Trinajstić information content (AvgIpc) is 2.53. The second-order valence-electron chi connectivity index (χ2n) is 5.80. The van der Waals surface area contributed by atoms with E-state index >= 15 is 0 Å². The normalized spacial score (nSPS) is 18.4. The SMILES string of the molecule is C=CC(=O)N1CCN(C(=O)Cc2ccc(C(F)(F)F)cc2)[C@@H](C)C1. The van der Waals surface area contributed by atoms with Crippen molar-refractivity contribution in [3.8, 4) is 0 Å². The first-order valence-corrected chi connectivity index (χ1v) is 7.59. The third kappa shape index (κ3) is 4.15. The second kappa shape index (κ2) is 7.07. The van der Waals surface area contributed by atoms with E-state index in [1.54, 1.807) is 9.80 Å². The standard InChI is InChI=1S/C17H19F3N2O2/c1-3-15(23)21-8-9-22(12(2)11-21)16(24)10-13-4-6-14(7-5-13)17(18,19)20/h3-7,12H,1,8-11H2,2H3/t12-/m0/s1. The van der Waals surface area contributed by atoms with Gasteiger partial charge in [0.25, 0.3) is 0 Å². The molecule has 1 atom stereocenters. The lowest BCUT2D eigenvalue weighted by Crippen LogP contribution is -2.55. The van der Waals surface area contributed by atoms with Crippen LogP contribution in [0.2, 0.25) is 0 Å². The molecule has 1 saturated heterocycles. The molecule has 1 aromatic carbocycles. The van der Waals surface area contributed by atoms with Gasteiger partial charge in [-0.1, -0.05) is 18.7 Å². The number of hydrogen-bond donors (Lipinski definition) is 0. The van der Waals surface area contributed by atoms with Gasteiger partial charge in [0.05, 0.1) is 12.0 Å². The van der Waals surface area contributed by atoms with E-state index in [9.17, 15) is 22.8 Å². The lowest BCUT2D eigenvalue weighted by molar-refractivity contribution is -0.139. The van der Waals surface area contributed by atoms with Crippen LogP contribution in [-0.2, 0) is 22.2 Å². The maximum absolute atomic E-state index is 12.5. The molecule has 24 heavy (non-hydrogen) atoms. The zero-order valence-corrected chi connectivity index (χ0v) is 13.3. The van der Waals surface area contributed by atoms with Crippen LogP contribution in [0.4, 0.5) is 13.2 Å². The van der Waals surface area contributed by atoms with Crippen molar-refractivity contribution in [2.24, 2.45) is 0 Å². The summed E-state index contributed by atoms with van der Waals surface area (Å²) in [7, 11) is 0. The van der Waals surface area contributed by atoms with Crippen molar-refractivity contribution >= 4 is 11.8 Å². The Morgan fingerprint density at radius 2 is 1.88 bits per heavy atom. The number of hydrogen-bond acceptors (Lipinski definition) is 2. The molecule has 7 heteroatoms.